The van der Waals surface area contributed by atoms with E-state index in [4.69, 9.17) is 14.6 Å². The Morgan fingerprint density at radius 3 is 2.31 bits per heavy atom. The Morgan fingerprint density at radius 1 is 0.905 bits per heavy atom. The van der Waals surface area contributed by atoms with Gasteiger partial charge in [0, 0.05) is 23.7 Å². The molecule has 0 saturated heterocycles. The number of thiazole rings is 1. The lowest BCUT2D eigenvalue weighted by atomic mass is 10.1. The van der Waals surface area contributed by atoms with E-state index in [2.05, 4.69) is 10.1 Å². The molecule has 210 valence electrons. The minimum Gasteiger partial charge on any atom is -0.497 e. The molecule has 0 atom stereocenters. The molecule has 0 radical (unpaired) electrons. The molecule has 0 aliphatic carbocycles. The largest absolute Gasteiger partial charge is 0.497 e. The number of benzene rings is 3. The van der Waals surface area contributed by atoms with Crippen LogP contribution < -0.4 is 25.1 Å². The van der Waals surface area contributed by atoms with Crippen LogP contribution in [-0.4, -0.2) is 37.6 Å². The Bertz CT molecular complexity index is 2030. The molecule has 9 nitrogen and oxygen atoms in total. The van der Waals surface area contributed by atoms with Crippen molar-refractivity contribution in [1.29, 1.82) is 0 Å². The van der Waals surface area contributed by atoms with Gasteiger partial charge in [-0.25, -0.2) is 4.68 Å². The lowest BCUT2D eigenvalue weighted by Gasteiger charge is -2.09. The van der Waals surface area contributed by atoms with Gasteiger partial charge in [-0.15, -0.1) is 0 Å². The van der Waals surface area contributed by atoms with Crippen LogP contribution in [0, 0.1) is 0 Å². The molecule has 3 aromatic carbocycles. The summed E-state index contributed by atoms with van der Waals surface area (Å²) in [6.07, 6.45) is 3.97. The van der Waals surface area contributed by atoms with Gasteiger partial charge in [0.05, 0.1) is 23.4 Å². The lowest BCUT2D eigenvalue weighted by molar-refractivity contribution is 0.242. The maximum Gasteiger partial charge on any atom is 0.296 e. The summed E-state index contributed by atoms with van der Waals surface area (Å²) in [7, 11) is 1.59. The predicted molar refractivity (Wildman–Crippen MR) is 163 cm³/mol. The normalized spacial score (nSPS) is 11.9. The second-order valence-electron chi connectivity index (χ2n) is 9.90. The molecule has 0 N–H and O–H groups in total. The number of nitrogens with zero attached hydrogens (tertiary/aromatic N) is 5. The number of hydrogen-bond donors (Lipinski definition) is 0. The Kier molecular flexibility index (Phi) is 7.37. The van der Waals surface area contributed by atoms with Crippen molar-refractivity contribution >= 4 is 22.4 Å². The van der Waals surface area contributed by atoms with Gasteiger partial charge in [0.1, 0.15) is 22.9 Å². The zero-order valence-corrected chi connectivity index (χ0v) is 24.0. The summed E-state index contributed by atoms with van der Waals surface area (Å²) in [5.74, 6) is 1.48. The Balaban J connectivity index is 1.43. The number of ether oxygens (including phenoxy) is 2. The van der Waals surface area contributed by atoms with Crippen LogP contribution in [0.15, 0.2) is 94.6 Å². The first-order valence-electron chi connectivity index (χ1n) is 13.4. The lowest BCUT2D eigenvalue weighted by Crippen LogP contribution is -2.28. The first kappa shape index (κ1) is 27.1. The summed E-state index contributed by atoms with van der Waals surface area (Å²) in [4.78, 5) is 30.7. The predicted octanol–water partition coefficient (Wildman–Crippen LogP) is 4.30. The van der Waals surface area contributed by atoms with Crippen molar-refractivity contribution in [3.05, 3.63) is 127 Å². The SMILES string of the molecule is COc1ccc(Cc2nn3c(=O)c(=Cc4cn(-c5ccccc5)nc4-c4ccc(OC(C)C)cc4)sc3nc2=O)cc1. The first-order chi connectivity index (χ1) is 20.4. The van der Waals surface area contributed by atoms with E-state index in [1.807, 2.05) is 98.9 Å². The smallest absolute Gasteiger partial charge is 0.296 e. The third-order valence-corrected chi connectivity index (χ3v) is 7.49. The number of fused-ring (bicyclic) bond motifs is 1. The van der Waals surface area contributed by atoms with Crippen LogP contribution in [0.2, 0.25) is 0 Å². The van der Waals surface area contributed by atoms with Crippen LogP contribution in [0.5, 0.6) is 11.5 Å². The molecule has 3 heterocycles. The summed E-state index contributed by atoms with van der Waals surface area (Å²) in [6, 6.07) is 24.8. The standard InChI is InChI=1S/C32H27N5O4S/c1-20(2)41-26-15-11-22(12-16-26)29-23(19-36(35-29)24-7-5-4-6-8-24)18-28-31(39)37-32(42-28)33-30(38)27(34-37)17-21-9-13-25(40-3)14-10-21/h4-16,18-20H,17H2,1-3H3. The fraction of sp³-hybridized carbons (Fsp3) is 0.156. The van der Waals surface area contributed by atoms with Crippen molar-refractivity contribution in [2.75, 3.05) is 7.11 Å². The van der Waals surface area contributed by atoms with Crippen LogP contribution in [-0.2, 0) is 6.42 Å². The fourth-order valence-electron chi connectivity index (χ4n) is 4.52. The first-order valence-corrected chi connectivity index (χ1v) is 14.2. The van der Waals surface area contributed by atoms with E-state index in [-0.39, 0.29) is 28.7 Å². The molecule has 0 amide bonds. The van der Waals surface area contributed by atoms with Gasteiger partial charge in [-0.1, -0.05) is 41.7 Å². The highest BCUT2D eigenvalue weighted by Crippen LogP contribution is 2.27. The zero-order valence-electron chi connectivity index (χ0n) is 23.2. The molecular weight excluding hydrogens is 550 g/mol. The van der Waals surface area contributed by atoms with E-state index < -0.39 is 5.56 Å². The molecule has 6 rings (SSSR count). The summed E-state index contributed by atoms with van der Waals surface area (Å²) in [5.41, 5.74) is 3.43. The minimum atomic E-state index is -0.458. The summed E-state index contributed by atoms with van der Waals surface area (Å²) in [6.45, 7) is 3.96. The van der Waals surface area contributed by atoms with E-state index in [1.165, 1.54) is 4.52 Å². The molecule has 0 aliphatic rings. The molecule has 0 bridgehead atoms. The zero-order chi connectivity index (χ0) is 29.2. The number of para-hydroxylation sites is 1. The average molecular weight is 578 g/mol. The third-order valence-electron chi connectivity index (χ3n) is 6.53. The van der Waals surface area contributed by atoms with Crippen molar-refractivity contribution in [2.45, 2.75) is 26.4 Å². The number of aromatic nitrogens is 5. The Morgan fingerprint density at radius 2 is 1.62 bits per heavy atom. The maximum absolute atomic E-state index is 13.5. The monoisotopic (exact) mass is 577 g/mol. The molecular formula is C32H27N5O4S. The summed E-state index contributed by atoms with van der Waals surface area (Å²) < 4.78 is 14.4. The number of hydrogen-bond acceptors (Lipinski definition) is 8. The van der Waals surface area contributed by atoms with Crippen molar-refractivity contribution in [3.63, 3.8) is 0 Å². The molecule has 0 fully saturated rings. The van der Waals surface area contributed by atoms with Crippen molar-refractivity contribution in [3.8, 4) is 28.4 Å². The molecule has 6 aromatic rings. The van der Waals surface area contributed by atoms with Gasteiger partial charge in [-0.3, -0.25) is 9.59 Å². The number of rotatable bonds is 8. The van der Waals surface area contributed by atoms with Gasteiger partial charge in [0.25, 0.3) is 11.1 Å². The summed E-state index contributed by atoms with van der Waals surface area (Å²) in [5, 5.41) is 9.25. The molecule has 3 aromatic heterocycles. The third kappa shape index (κ3) is 5.57. The molecule has 0 saturated carbocycles. The number of methoxy groups -OCH3 is 1. The Labute approximate surface area is 244 Å². The van der Waals surface area contributed by atoms with Gasteiger partial charge in [-0.05, 0) is 74.0 Å². The van der Waals surface area contributed by atoms with Crippen molar-refractivity contribution in [2.24, 2.45) is 0 Å². The highest BCUT2D eigenvalue weighted by molar-refractivity contribution is 7.15. The van der Waals surface area contributed by atoms with Crippen molar-refractivity contribution < 1.29 is 9.47 Å². The quantitative estimate of drug-likeness (QED) is 0.266. The van der Waals surface area contributed by atoms with Gasteiger partial charge >= 0.3 is 0 Å². The molecule has 0 spiro atoms. The van der Waals surface area contributed by atoms with Gasteiger partial charge in [-0.2, -0.15) is 19.7 Å². The van der Waals surface area contributed by atoms with Gasteiger partial charge in [0.15, 0.2) is 0 Å². The average Bonchev–Trinajstić information content (AvgIpc) is 3.55. The van der Waals surface area contributed by atoms with E-state index in [0.29, 0.717) is 16.0 Å². The summed E-state index contributed by atoms with van der Waals surface area (Å²) >= 11 is 1.12. The fourth-order valence-corrected chi connectivity index (χ4v) is 5.42. The van der Waals surface area contributed by atoms with Gasteiger partial charge in [0.2, 0.25) is 4.96 Å². The highest BCUT2D eigenvalue weighted by atomic mass is 32.1. The second-order valence-corrected chi connectivity index (χ2v) is 10.9. The van der Waals surface area contributed by atoms with E-state index >= 15 is 0 Å². The molecule has 10 heteroatoms. The minimum absolute atomic E-state index is 0.0616. The molecule has 42 heavy (non-hydrogen) atoms. The van der Waals surface area contributed by atoms with Crippen molar-refractivity contribution in [1.82, 2.24) is 24.4 Å². The second kappa shape index (κ2) is 11.4. The van der Waals surface area contributed by atoms with E-state index in [0.717, 1.165) is 39.5 Å². The Hall–Kier alpha value is -5.09. The van der Waals surface area contributed by atoms with Crippen LogP contribution in [0.3, 0.4) is 0 Å². The van der Waals surface area contributed by atoms with E-state index in [9.17, 15) is 9.59 Å². The molecule has 0 unspecified atom stereocenters. The van der Waals surface area contributed by atoms with Crippen LogP contribution in [0.1, 0.15) is 30.7 Å². The molecule has 0 aliphatic heterocycles. The van der Waals surface area contributed by atoms with E-state index in [1.54, 1.807) is 17.9 Å². The van der Waals surface area contributed by atoms with Gasteiger partial charge < -0.3 is 9.47 Å². The van der Waals surface area contributed by atoms with Crippen LogP contribution in [0.4, 0.5) is 0 Å². The highest BCUT2D eigenvalue weighted by Gasteiger charge is 2.15. The van der Waals surface area contributed by atoms with Crippen LogP contribution >= 0.6 is 11.3 Å². The van der Waals surface area contributed by atoms with Crippen LogP contribution in [0.25, 0.3) is 28.0 Å². The topological polar surface area (TPSA) is 101 Å². The maximum atomic E-state index is 13.5.